The second-order valence-electron chi connectivity index (χ2n) is 5.83. The minimum Gasteiger partial charge on any atom is -0.466 e. The number of nitrogens with zero attached hydrogens (tertiary/aromatic N) is 2. The van der Waals surface area contributed by atoms with E-state index in [1.807, 2.05) is 6.92 Å². The lowest BCUT2D eigenvalue weighted by atomic mass is 10.0. The highest BCUT2D eigenvalue weighted by molar-refractivity contribution is 7.20. The standard InChI is InChI=1S/C16H18N4O3S/c1-8-11-13(17)19-9(2)20-15(11)24-12(8)14(21)18-7-16(3,22)10-5-4-6-23-10/h4-6,22H,7H2,1-3H3,(H,18,21)(H2,17,19,20). The van der Waals surface area contributed by atoms with Gasteiger partial charge in [-0.05, 0) is 38.5 Å². The number of furan rings is 1. The van der Waals surface area contributed by atoms with Crippen molar-refractivity contribution in [3.05, 3.63) is 40.4 Å². The van der Waals surface area contributed by atoms with E-state index in [9.17, 15) is 9.90 Å². The van der Waals surface area contributed by atoms with Crippen LogP contribution in [0.5, 0.6) is 0 Å². The first-order valence-electron chi connectivity index (χ1n) is 7.37. The first kappa shape index (κ1) is 16.4. The van der Waals surface area contributed by atoms with Crippen LogP contribution in [0.15, 0.2) is 22.8 Å². The molecule has 3 heterocycles. The minimum absolute atomic E-state index is 0.0211. The van der Waals surface area contributed by atoms with E-state index in [1.54, 1.807) is 26.0 Å². The van der Waals surface area contributed by atoms with Gasteiger partial charge >= 0.3 is 0 Å². The van der Waals surface area contributed by atoms with E-state index in [0.29, 0.717) is 32.5 Å². The smallest absolute Gasteiger partial charge is 0.261 e. The van der Waals surface area contributed by atoms with Crippen molar-refractivity contribution in [3.63, 3.8) is 0 Å². The molecule has 1 atom stereocenters. The summed E-state index contributed by atoms with van der Waals surface area (Å²) in [7, 11) is 0. The summed E-state index contributed by atoms with van der Waals surface area (Å²) in [4.78, 5) is 22.2. The van der Waals surface area contributed by atoms with Crippen molar-refractivity contribution < 1.29 is 14.3 Å². The van der Waals surface area contributed by atoms with Crippen LogP contribution in [0.1, 0.15) is 33.7 Å². The van der Waals surface area contributed by atoms with Gasteiger partial charge in [0, 0.05) is 0 Å². The Labute approximate surface area is 142 Å². The third-order valence-corrected chi connectivity index (χ3v) is 4.97. The van der Waals surface area contributed by atoms with Crippen molar-refractivity contribution in [1.82, 2.24) is 15.3 Å². The number of amides is 1. The molecule has 8 heteroatoms. The molecule has 0 saturated carbocycles. The second-order valence-corrected chi connectivity index (χ2v) is 6.83. The van der Waals surface area contributed by atoms with Crippen LogP contribution in [0.25, 0.3) is 10.2 Å². The summed E-state index contributed by atoms with van der Waals surface area (Å²) in [6.07, 6.45) is 1.48. The second kappa shape index (κ2) is 5.88. The molecule has 1 unspecified atom stereocenters. The highest BCUT2D eigenvalue weighted by Crippen LogP contribution is 2.32. The molecule has 7 nitrogen and oxygen atoms in total. The number of nitrogens with one attached hydrogen (secondary N) is 1. The number of hydrogen-bond acceptors (Lipinski definition) is 7. The van der Waals surface area contributed by atoms with Gasteiger partial charge in [0.15, 0.2) is 0 Å². The largest absolute Gasteiger partial charge is 0.466 e. The number of anilines is 1. The Morgan fingerprint density at radius 1 is 1.46 bits per heavy atom. The molecule has 3 aromatic rings. The van der Waals surface area contributed by atoms with E-state index in [1.165, 1.54) is 17.6 Å². The molecule has 1 amide bonds. The molecule has 0 spiro atoms. The first-order chi connectivity index (χ1) is 11.3. The van der Waals surface area contributed by atoms with Gasteiger partial charge in [0.25, 0.3) is 5.91 Å². The van der Waals surface area contributed by atoms with E-state index in [-0.39, 0.29) is 12.5 Å². The molecular formula is C16H18N4O3S. The highest BCUT2D eigenvalue weighted by Gasteiger charge is 2.28. The summed E-state index contributed by atoms with van der Waals surface area (Å²) < 4.78 is 5.20. The number of aromatic nitrogens is 2. The topological polar surface area (TPSA) is 114 Å². The van der Waals surface area contributed by atoms with Crippen molar-refractivity contribution in [3.8, 4) is 0 Å². The Balaban J connectivity index is 1.84. The van der Waals surface area contributed by atoms with Crippen LogP contribution in [-0.2, 0) is 5.60 Å². The minimum atomic E-state index is -1.29. The third kappa shape index (κ3) is 2.85. The number of rotatable bonds is 4. The number of thiophene rings is 1. The molecule has 0 aliphatic heterocycles. The molecule has 24 heavy (non-hydrogen) atoms. The van der Waals surface area contributed by atoms with Crippen LogP contribution in [0.4, 0.5) is 5.82 Å². The van der Waals surface area contributed by atoms with Gasteiger partial charge in [-0.15, -0.1) is 11.3 Å². The number of carbonyl (C=O) groups is 1. The molecule has 126 valence electrons. The fourth-order valence-corrected chi connectivity index (χ4v) is 3.65. The summed E-state index contributed by atoms with van der Waals surface area (Å²) in [6, 6.07) is 3.35. The average molecular weight is 346 g/mol. The van der Waals surface area contributed by atoms with Gasteiger partial charge in [0.1, 0.15) is 27.8 Å². The predicted octanol–water partition coefficient (Wildman–Crippen LogP) is 2.12. The van der Waals surface area contributed by atoms with Crippen LogP contribution in [0.2, 0.25) is 0 Å². The Hall–Kier alpha value is -2.45. The maximum absolute atomic E-state index is 12.5. The molecule has 0 aliphatic rings. The first-order valence-corrected chi connectivity index (χ1v) is 8.19. The Morgan fingerprint density at radius 3 is 2.88 bits per heavy atom. The predicted molar refractivity (Wildman–Crippen MR) is 91.9 cm³/mol. The summed E-state index contributed by atoms with van der Waals surface area (Å²) in [5.74, 6) is 1.03. The van der Waals surface area contributed by atoms with Crippen LogP contribution in [0, 0.1) is 13.8 Å². The summed E-state index contributed by atoms with van der Waals surface area (Å²) in [6.45, 7) is 5.17. The zero-order valence-corrected chi connectivity index (χ0v) is 14.4. The van der Waals surface area contributed by atoms with Gasteiger partial charge in [0.05, 0.1) is 23.1 Å². The Morgan fingerprint density at radius 2 is 2.21 bits per heavy atom. The lowest BCUT2D eigenvalue weighted by molar-refractivity contribution is 0.0331. The molecular weight excluding hydrogens is 328 g/mol. The summed E-state index contributed by atoms with van der Waals surface area (Å²) in [5, 5.41) is 13.9. The van der Waals surface area contributed by atoms with Crippen LogP contribution >= 0.6 is 11.3 Å². The summed E-state index contributed by atoms with van der Waals surface area (Å²) in [5.41, 5.74) is 5.40. The fourth-order valence-electron chi connectivity index (χ4n) is 2.50. The molecule has 0 fully saturated rings. The third-order valence-electron chi connectivity index (χ3n) is 3.78. The van der Waals surface area contributed by atoms with Crippen molar-refractivity contribution >= 4 is 33.3 Å². The van der Waals surface area contributed by atoms with Crippen molar-refractivity contribution in [2.75, 3.05) is 12.3 Å². The van der Waals surface area contributed by atoms with Gasteiger partial charge in [0.2, 0.25) is 0 Å². The van der Waals surface area contributed by atoms with Gasteiger partial charge in [-0.1, -0.05) is 0 Å². The van der Waals surface area contributed by atoms with Crippen LogP contribution < -0.4 is 11.1 Å². The van der Waals surface area contributed by atoms with E-state index in [0.717, 1.165) is 5.56 Å². The molecule has 0 bridgehead atoms. The van der Waals surface area contributed by atoms with E-state index in [2.05, 4.69) is 15.3 Å². The van der Waals surface area contributed by atoms with E-state index in [4.69, 9.17) is 10.2 Å². The average Bonchev–Trinajstić information content (AvgIpc) is 3.13. The van der Waals surface area contributed by atoms with Crippen LogP contribution in [-0.4, -0.2) is 27.5 Å². The van der Waals surface area contributed by atoms with Gasteiger partial charge in [-0.2, -0.15) is 0 Å². The quantitative estimate of drug-likeness (QED) is 0.667. The zero-order valence-electron chi connectivity index (χ0n) is 13.6. The van der Waals surface area contributed by atoms with Crippen molar-refractivity contribution in [2.24, 2.45) is 0 Å². The molecule has 4 N–H and O–H groups in total. The fraction of sp³-hybridized carbons (Fsp3) is 0.312. The molecule has 3 aromatic heterocycles. The SMILES string of the molecule is Cc1nc(N)c2c(C)c(C(=O)NCC(C)(O)c3ccco3)sc2n1. The van der Waals surface area contributed by atoms with Crippen LogP contribution in [0.3, 0.4) is 0 Å². The van der Waals surface area contributed by atoms with Crippen molar-refractivity contribution in [2.45, 2.75) is 26.4 Å². The van der Waals surface area contributed by atoms with Gasteiger partial charge in [-0.25, -0.2) is 9.97 Å². The van der Waals surface area contributed by atoms with Crippen molar-refractivity contribution in [1.29, 1.82) is 0 Å². The highest BCUT2D eigenvalue weighted by atomic mass is 32.1. The maximum atomic E-state index is 12.5. The molecule has 0 radical (unpaired) electrons. The Bertz CT molecular complexity index is 900. The molecule has 3 rings (SSSR count). The normalized spacial score (nSPS) is 13.8. The molecule has 0 aliphatic carbocycles. The lowest BCUT2D eigenvalue weighted by Gasteiger charge is -2.21. The molecule has 0 saturated heterocycles. The van der Waals surface area contributed by atoms with E-state index < -0.39 is 5.60 Å². The summed E-state index contributed by atoms with van der Waals surface area (Å²) >= 11 is 1.26. The number of nitrogen functional groups attached to an aromatic ring is 1. The monoisotopic (exact) mass is 346 g/mol. The number of carbonyl (C=O) groups excluding carboxylic acids is 1. The number of aliphatic hydroxyl groups is 1. The van der Waals surface area contributed by atoms with Gasteiger partial charge in [-0.3, -0.25) is 4.79 Å². The Kier molecular flexibility index (Phi) is 4.02. The number of hydrogen-bond donors (Lipinski definition) is 3. The number of aryl methyl sites for hydroxylation is 2. The zero-order chi connectivity index (χ0) is 17.5. The maximum Gasteiger partial charge on any atom is 0.261 e. The van der Waals surface area contributed by atoms with E-state index >= 15 is 0 Å². The van der Waals surface area contributed by atoms with Gasteiger partial charge < -0.3 is 20.6 Å². The number of nitrogens with two attached hydrogens (primary N) is 1. The number of fused-ring (bicyclic) bond motifs is 1. The lowest BCUT2D eigenvalue weighted by Crippen LogP contribution is -2.38. The molecule has 0 aromatic carbocycles.